The zero-order chi connectivity index (χ0) is 11.8. The van der Waals surface area contributed by atoms with Crippen molar-refractivity contribution in [3.63, 3.8) is 0 Å². The number of alkyl halides is 3. The third-order valence-electron chi connectivity index (χ3n) is 1.54. The van der Waals surface area contributed by atoms with Crippen LogP contribution in [0.25, 0.3) is 0 Å². The molecular formula is C6H3ClF3N3O2. The summed E-state index contributed by atoms with van der Waals surface area (Å²) in [5, 5.41) is 9.68. The normalized spacial score (nSPS) is 11.5. The van der Waals surface area contributed by atoms with E-state index in [1.54, 1.807) is 0 Å². The second-order valence-corrected chi connectivity index (χ2v) is 2.84. The first-order valence-corrected chi connectivity index (χ1v) is 3.78. The molecule has 2 N–H and O–H groups in total. The molecule has 5 nitrogen and oxygen atoms in total. The number of halogens is 4. The van der Waals surface area contributed by atoms with E-state index in [1.165, 1.54) is 0 Å². The zero-order valence-electron chi connectivity index (χ0n) is 6.88. The maximum absolute atomic E-state index is 12.2. The summed E-state index contributed by atoms with van der Waals surface area (Å²) in [5.41, 5.74) is 1.54. The van der Waals surface area contributed by atoms with Crippen LogP contribution in [0.1, 0.15) is 5.56 Å². The molecule has 0 aliphatic carbocycles. The molecule has 0 atom stereocenters. The summed E-state index contributed by atoms with van der Waals surface area (Å²) in [4.78, 5) is 12.3. The summed E-state index contributed by atoms with van der Waals surface area (Å²) < 4.78 is 36.7. The first-order chi connectivity index (χ1) is 6.75. The Labute approximate surface area is 85.8 Å². The van der Waals surface area contributed by atoms with E-state index in [4.69, 9.17) is 17.3 Å². The molecule has 1 rings (SSSR count). The highest BCUT2D eigenvalue weighted by molar-refractivity contribution is 6.32. The molecule has 0 aliphatic rings. The number of aromatic nitrogens is 1. The number of nitro groups is 1. The Morgan fingerprint density at radius 1 is 1.53 bits per heavy atom. The first-order valence-electron chi connectivity index (χ1n) is 3.40. The van der Waals surface area contributed by atoms with Gasteiger partial charge in [0, 0.05) is 6.20 Å². The van der Waals surface area contributed by atoms with Crippen molar-refractivity contribution >= 4 is 23.0 Å². The third kappa shape index (κ3) is 2.09. The van der Waals surface area contributed by atoms with Gasteiger partial charge >= 0.3 is 11.9 Å². The van der Waals surface area contributed by atoms with Crippen LogP contribution in [-0.2, 0) is 6.18 Å². The molecule has 0 radical (unpaired) electrons. The molecule has 0 unspecified atom stereocenters. The average molecular weight is 242 g/mol. The average Bonchev–Trinajstić information content (AvgIpc) is 2.00. The predicted octanol–water partition coefficient (Wildman–Crippen LogP) is 2.24. The molecule has 0 aliphatic heterocycles. The van der Waals surface area contributed by atoms with Gasteiger partial charge in [-0.2, -0.15) is 13.2 Å². The molecule has 1 heterocycles. The van der Waals surface area contributed by atoms with E-state index in [9.17, 15) is 23.3 Å². The maximum atomic E-state index is 12.2. The number of rotatable bonds is 1. The van der Waals surface area contributed by atoms with E-state index in [0.29, 0.717) is 6.20 Å². The lowest BCUT2D eigenvalue weighted by Gasteiger charge is -2.09. The number of pyridine rings is 1. The molecule has 0 saturated heterocycles. The Kier molecular flexibility index (Phi) is 2.71. The van der Waals surface area contributed by atoms with Crippen LogP contribution < -0.4 is 5.73 Å². The van der Waals surface area contributed by atoms with Crippen molar-refractivity contribution in [3.05, 3.63) is 27.0 Å². The molecule has 1 aromatic rings. The van der Waals surface area contributed by atoms with E-state index in [2.05, 4.69) is 4.98 Å². The Balaban J connectivity index is 3.49. The minimum Gasteiger partial charge on any atom is -0.393 e. The van der Waals surface area contributed by atoms with E-state index in [-0.39, 0.29) is 0 Å². The number of nitrogens with two attached hydrogens (primary N) is 1. The summed E-state index contributed by atoms with van der Waals surface area (Å²) in [6, 6.07) is 0. The van der Waals surface area contributed by atoms with E-state index < -0.39 is 33.2 Å². The van der Waals surface area contributed by atoms with Gasteiger partial charge in [-0.3, -0.25) is 10.1 Å². The lowest BCUT2D eigenvalue weighted by atomic mass is 10.2. The quantitative estimate of drug-likeness (QED) is 0.464. The van der Waals surface area contributed by atoms with Gasteiger partial charge in [-0.1, -0.05) is 11.6 Å². The van der Waals surface area contributed by atoms with Crippen molar-refractivity contribution in [1.29, 1.82) is 0 Å². The van der Waals surface area contributed by atoms with Crippen LogP contribution in [0, 0.1) is 10.1 Å². The van der Waals surface area contributed by atoms with Crippen molar-refractivity contribution in [2.45, 2.75) is 6.18 Å². The Hall–Kier alpha value is -1.57. The highest BCUT2D eigenvalue weighted by Gasteiger charge is 2.37. The largest absolute Gasteiger partial charge is 0.420 e. The fourth-order valence-corrected chi connectivity index (χ4v) is 1.11. The first kappa shape index (κ1) is 11.5. The maximum Gasteiger partial charge on any atom is 0.420 e. The molecule has 0 amide bonds. The highest BCUT2D eigenvalue weighted by atomic mass is 35.5. The molecule has 82 valence electrons. The lowest BCUT2D eigenvalue weighted by Crippen LogP contribution is -2.11. The molecule has 15 heavy (non-hydrogen) atoms. The fraction of sp³-hybridized carbons (Fsp3) is 0.167. The molecule has 0 bridgehead atoms. The van der Waals surface area contributed by atoms with Gasteiger partial charge < -0.3 is 5.73 Å². The van der Waals surface area contributed by atoms with Gasteiger partial charge in [0.2, 0.25) is 5.15 Å². The van der Waals surface area contributed by atoms with Gasteiger partial charge in [-0.25, -0.2) is 4.98 Å². The SMILES string of the molecule is Nc1c(C(F)(F)F)cnc(Cl)c1[N+](=O)[O-]. The second kappa shape index (κ2) is 3.54. The molecule has 0 spiro atoms. The van der Waals surface area contributed by atoms with Crippen LogP contribution >= 0.6 is 11.6 Å². The standard InChI is InChI=1S/C6H3ClF3N3O2/c7-5-4(13(14)15)3(11)2(1-12-5)6(8,9)10/h1H,(H2,11,12). The van der Waals surface area contributed by atoms with E-state index >= 15 is 0 Å². The van der Waals surface area contributed by atoms with Crippen LogP contribution in [0.4, 0.5) is 24.5 Å². The summed E-state index contributed by atoms with van der Waals surface area (Å²) in [6.45, 7) is 0. The summed E-state index contributed by atoms with van der Waals surface area (Å²) in [5.74, 6) is 0. The highest BCUT2D eigenvalue weighted by Crippen LogP contribution is 2.39. The molecule has 0 aromatic carbocycles. The molecule has 0 saturated carbocycles. The predicted molar refractivity (Wildman–Crippen MR) is 45.3 cm³/mol. The number of nitrogens with zero attached hydrogens (tertiary/aromatic N) is 2. The van der Waals surface area contributed by atoms with Gasteiger partial charge in [0.1, 0.15) is 11.3 Å². The molecule has 0 fully saturated rings. The van der Waals surface area contributed by atoms with Crippen molar-refractivity contribution in [1.82, 2.24) is 4.98 Å². The Bertz CT molecular complexity index is 421. The monoisotopic (exact) mass is 241 g/mol. The van der Waals surface area contributed by atoms with Gasteiger partial charge in [0.25, 0.3) is 0 Å². The second-order valence-electron chi connectivity index (χ2n) is 2.48. The molecule has 1 aromatic heterocycles. The summed E-state index contributed by atoms with van der Waals surface area (Å²) in [6.07, 6.45) is -4.45. The number of anilines is 1. The minimum absolute atomic E-state index is 0.352. The van der Waals surface area contributed by atoms with Crippen molar-refractivity contribution in [3.8, 4) is 0 Å². The van der Waals surface area contributed by atoms with Crippen LogP contribution in [-0.4, -0.2) is 9.91 Å². The van der Waals surface area contributed by atoms with Gasteiger partial charge in [0.05, 0.1) is 4.92 Å². The zero-order valence-corrected chi connectivity index (χ0v) is 7.63. The van der Waals surface area contributed by atoms with E-state index in [0.717, 1.165) is 0 Å². The Morgan fingerprint density at radius 2 is 2.07 bits per heavy atom. The molecule has 9 heteroatoms. The summed E-state index contributed by atoms with van der Waals surface area (Å²) in [7, 11) is 0. The number of hydrogen-bond acceptors (Lipinski definition) is 4. The third-order valence-corrected chi connectivity index (χ3v) is 1.81. The van der Waals surface area contributed by atoms with Crippen LogP contribution in [0.5, 0.6) is 0 Å². The van der Waals surface area contributed by atoms with Crippen LogP contribution in [0.15, 0.2) is 6.20 Å². The van der Waals surface area contributed by atoms with Gasteiger partial charge in [-0.05, 0) is 0 Å². The van der Waals surface area contributed by atoms with E-state index in [1.807, 2.05) is 0 Å². The Morgan fingerprint density at radius 3 is 2.47 bits per heavy atom. The van der Waals surface area contributed by atoms with Gasteiger partial charge in [-0.15, -0.1) is 0 Å². The number of hydrogen-bond donors (Lipinski definition) is 1. The molecular weight excluding hydrogens is 239 g/mol. The van der Waals surface area contributed by atoms with Crippen molar-refractivity contribution in [2.75, 3.05) is 5.73 Å². The van der Waals surface area contributed by atoms with Crippen molar-refractivity contribution < 1.29 is 18.1 Å². The topological polar surface area (TPSA) is 82.0 Å². The van der Waals surface area contributed by atoms with Crippen LogP contribution in [0.3, 0.4) is 0 Å². The summed E-state index contributed by atoms with van der Waals surface area (Å²) >= 11 is 5.25. The van der Waals surface area contributed by atoms with Crippen LogP contribution in [0.2, 0.25) is 5.15 Å². The fourth-order valence-electron chi connectivity index (χ4n) is 0.890. The lowest BCUT2D eigenvalue weighted by molar-refractivity contribution is -0.384. The minimum atomic E-state index is -4.80. The number of nitrogen functional groups attached to an aromatic ring is 1. The van der Waals surface area contributed by atoms with Gasteiger partial charge in [0.15, 0.2) is 0 Å². The smallest absolute Gasteiger partial charge is 0.393 e. The van der Waals surface area contributed by atoms with Crippen molar-refractivity contribution in [2.24, 2.45) is 0 Å².